The summed E-state index contributed by atoms with van der Waals surface area (Å²) in [5.41, 5.74) is 0.335. The number of benzene rings is 1. The summed E-state index contributed by atoms with van der Waals surface area (Å²) >= 11 is 0. The second kappa shape index (κ2) is 8.25. The number of hydrogen-bond donors (Lipinski definition) is 3. The third kappa shape index (κ3) is 4.10. The summed E-state index contributed by atoms with van der Waals surface area (Å²) in [7, 11) is 0. The summed E-state index contributed by atoms with van der Waals surface area (Å²) in [5.74, 6) is 0.783. The number of fused-ring (bicyclic) bond motifs is 2. The number of hydrogen-bond acceptors (Lipinski definition) is 7. The lowest BCUT2D eigenvalue weighted by atomic mass is 9.84. The van der Waals surface area contributed by atoms with E-state index >= 15 is 0 Å². The Morgan fingerprint density at radius 3 is 2.79 bits per heavy atom. The summed E-state index contributed by atoms with van der Waals surface area (Å²) in [6.07, 6.45) is 7.77. The molecular weight excluding hydrogens is 436 g/mol. The van der Waals surface area contributed by atoms with Gasteiger partial charge in [-0.25, -0.2) is 9.50 Å². The third-order valence-corrected chi connectivity index (χ3v) is 7.03. The van der Waals surface area contributed by atoms with Gasteiger partial charge in [-0.1, -0.05) is 0 Å². The lowest BCUT2D eigenvalue weighted by Crippen LogP contribution is -2.51. The highest BCUT2D eigenvalue weighted by Gasteiger charge is 2.47. The quantitative estimate of drug-likeness (QED) is 0.529. The Balaban J connectivity index is 1.47. The zero-order valence-corrected chi connectivity index (χ0v) is 19.6. The number of carbonyl (C=O) groups is 1. The number of ether oxygens (including phenoxy) is 2. The first-order chi connectivity index (χ1) is 16.1. The minimum Gasteiger partial charge on any atom is -0.488 e. The van der Waals surface area contributed by atoms with E-state index in [-0.39, 0.29) is 18.1 Å². The van der Waals surface area contributed by atoms with Gasteiger partial charge < -0.3 is 25.0 Å². The minimum atomic E-state index is -1.07. The van der Waals surface area contributed by atoms with Crippen molar-refractivity contribution in [2.24, 2.45) is 0 Å². The Bertz CT molecular complexity index is 1230. The Morgan fingerprint density at radius 1 is 1.29 bits per heavy atom. The van der Waals surface area contributed by atoms with Crippen molar-refractivity contribution in [3.8, 4) is 11.5 Å². The molecule has 3 N–H and O–H groups in total. The van der Waals surface area contributed by atoms with E-state index in [2.05, 4.69) is 15.4 Å². The second-order valence-electron chi connectivity index (χ2n) is 9.97. The molecule has 0 unspecified atom stereocenters. The fraction of sp³-hybridized carbons (Fsp3) is 0.480. The average Bonchev–Trinajstić information content (AvgIpc) is 3.36. The highest BCUT2D eigenvalue weighted by Crippen LogP contribution is 2.45. The zero-order chi connectivity index (χ0) is 24.1. The highest BCUT2D eigenvalue weighted by atomic mass is 16.5. The van der Waals surface area contributed by atoms with Gasteiger partial charge in [0.25, 0.3) is 5.91 Å². The van der Waals surface area contributed by atoms with Crippen molar-refractivity contribution in [3.63, 3.8) is 0 Å². The molecular formula is C25H30N4O5. The fourth-order valence-corrected chi connectivity index (χ4v) is 4.54. The van der Waals surface area contributed by atoms with Crippen LogP contribution in [0.2, 0.25) is 0 Å². The molecule has 1 aromatic carbocycles. The molecule has 5 rings (SSSR count). The van der Waals surface area contributed by atoms with Crippen LogP contribution < -0.4 is 14.8 Å². The summed E-state index contributed by atoms with van der Waals surface area (Å²) in [6, 6.07) is 5.40. The number of aliphatic hydroxyl groups excluding tert-OH is 1. The monoisotopic (exact) mass is 466 g/mol. The topological polar surface area (TPSA) is 118 Å². The summed E-state index contributed by atoms with van der Waals surface area (Å²) in [5, 5.41) is 27.7. The molecule has 1 aliphatic carbocycles. The number of nitrogens with one attached hydrogen (secondary N) is 1. The van der Waals surface area contributed by atoms with E-state index in [9.17, 15) is 15.0 Å². The van der Waals surface area contributed by atoms with Crippen molar-refractivity contribution < 1.29 is 24.5 Å². The van der Waals surface area contributed by atoms with Crippen LogP contribution in [0.25, 0.3) is 5.65 Å². The van der Waals surface area contributed by atoms with Gasteiger partial charge >= 0.3 is 0 Å². The molecule has 180 valence electrons. The molecule has 1 aliphatic heterocycles. The molecule has 34 heavy (non-hydrogen) atoms. The van der Waals surface area contributed by atoms with Crippen molar-refractivity contribution in [1.82, 2.24) is 14.6 Å². The van der Waals surface area contributed by atoms with Crippen LogP contribution in [0, 0.1) is 0 Å². The molecule has 2 aromatic heterocycles. The van der Waals surface area contributed by atoms with E-state index in [4.69, 9.17) is 9.47 Å². The van der Waals surface area contributed by atoms with Gasteiger partial charge in [0.2, 0.25) is 0 Å². The van der Waals surface area contributed by atoms with Crippen molar-refractivity contribution >= 4 is 17.2 Å². The lowest BCUT2D eigenvalue weighted by molar-refractivity contribution is -0.0900. The maximum absolute atomic E-state index is 13.2. The lowest BCUT2D eigenvalue weighted by Gasteiger charge is -2.36. The Morgan fingerprint density at radius 2 is 2.06 bits per heavy atom. The standard InChI is InChI=1S/C25H30N4O5/c1-24(2,32)25(3)13-15-11-19(28-23(31)18-14-27-29-10-4-9-26-22(18)29)21(12-20(15)34-25)33-17-7-5-16(30)6-8-17/h4,9-12,14,16-17,30,32H,5-8,13H2,1-3H3,(H,28,31)/t16-,17+,25-/m1/s1. The average molecular weight is 467 g/mol. The largest absolute Gasteiger partial charge is 0.488 e. The normalized spacial score (nSPS) is 24.5. The number of amides is 1. The van der Waals surface area contributed by atoms with Gasteiger partial charge in [0.15, 0.2) is 5.65 Å². The molecule has 3 aromatic rings. The number of nitrogens with zero attached hydrogens (tertiary/aromatic N) is 3. The fourth-order valence-electron chi connectivity index (χ4n) is 4.54. The SMILES string of the molecule is CC(C)(O)[C@@]1(C)Cc2cc(NC(=O)c3cnn4cccnc34)c(O[C@H]3CC[C@@H](O)CC3)cc2O1. The first kappa shape index (κ1) is 22.6. The summed E-state index contributed by atoms with van der Waals surface area (Å²) in [4.78, 5) is 17.5. The van der Waals surface area contributed by atoms with Crippen LogP contribution in [0.5, 0.6) is 11.5 Å². The summed E-state index contributed by atoms with van der Waals surface area (Å²) in [6.45, 7) is 5.33. The molecule has 1 fully saturated rings. The van der Waals surface area contributed by atoms with E-state index in [0.717, 1.165) is 18.4 Å². The van der Waals surface area contributed by atoms with Gasteiger partial charge in [0.1, 0.15) is 22.7 Å². The molecule has 0 bridgehead atoms. The predicted molar refractivity (Wildman–Crippen MR) is 125 cm³/mol. The number of anilines is 1. The Hall–Kier alpha value is -3.17. The first-order valence-electron chi connectivity index (χ1n) is 11.7. The van der Waals surface area contributed by atoms with Crippen molar-refractivity contribution in [2.75, 3.05) is 5.32 Å². The Labute approximate surface area is 197 Å². The molecule has 3 heterocycles. The molecule has 1 saturated carbocycles. The molecule has 0 radical (unpaired) electrons. The molecule has 0 spiro atoms. The highest BCUT2D eigenvalue weighted by molar-refractivity contribution is 6.08. The van der Waals surface area contributed by atoms with Crippen molar-refractivity contribution in [3.05, 3.63) is 47.9 Å². The van der Waals surface area contributed by atoms with Crippen LogP contribution in [0.1, 0.15) is 62.4 Å². The van der Waals surface area contributed by atoms with Crippen LogP contribution >= 0.6 is 0 Å². The van der Waals surface area contributed by atoms with Gasteiger partial charge in [0.05, 0.1) is 29.7 Å². The molecule has 2 aliphatic rings. The Kier molecular flexibility index (Phi) is 5.49. The van der Waals surface area contributed by atoms with Crippen LogP contribution in [0.4, 0.5) is 5.69 Å². The smallest absolute Gasteiger partial charge is 0.261 e. The minimum absolute atomic E-state index is 0.0715. The van der Waals surface area contributed by atoms with Crippen LogP contribution in [-0.2, 0) is 6.42 Å². The maximum atomic E-state index is 13.2. The molecule has 9 heteroatoms. The second-order valence-corrected chi connectivity index (χ2v) is 9.97. The molecule has 1 atom stereocenters. The molecule has 1 amide bonds. The third-order valence-electron chi connectivity index (χ3n) is 7.03. The van der Waals surface area contributed by atoms with E-state index < -0.39 is 11.2 Å². The van der Waals surface area contributed by atoms with E-state index in [0.29, 0.717) is 47.7 Å². The van der Waals surface area contributed by atoms with E-state index in [1.807, 2.05) is 13.0 Å². The van der Waals surface area contributed by atoms with Crippen LogP contribution in [0.3, 0.4) is 0 Å². The van der Waals surface area contributed by atoms with Gasteiger partial charge in [-0.2, -0.15) is 5.10 Å². The first-order valence-corrected chi connectivity index (χ1v) is 11.7. The van der Waals surface area contributed by atoms with Gasteiger partial charge in [-0.15, -0.1) is 0 Å². The number of aromatic nitrogens is 3. The number of aliphatic hydroxyl groups is 2. The van der Waals surface area contributed by atoms with Gasteiger partial charge in [-0.3, -0.25) is 4.79 Å². The molecule has 9 nitrogen and oxygen atoms in total. The van der Waals surface area contributed by atoms with Crippen LogP contribution in [-0.4, -0.2) is 54.1 Å². The summed E-state index contributed by atoms with van der Waals surface area (Å²) < 4.78 is 14.1. The molecule has 0 saturated heterocycles. The van der Waals surface area contributed by atoms with Gasteiger partial charge in [-0.05, 0) is 58.6 Å². The zero-order valence-electron chi connectivity index (χ0n) is 19.6. The number of rotatable bonds is 5. The maximum Gasteiger partial charge on any atom is 0.261 e. The van der Waals surface area contributed by atoms with E-state index in [1.165, 1.54) is 6.20 Å². The number of carbonyl (C=O) groups excluding carboxylic acids is 1. The van der Waals surface area contributed by atoms with Crippen LogP contribution in [0.15, 0.2) is 36.8 Å². The van der Waals surface area contributed by atoms with Crippen molar-refractivity contribution in [2.45, 2.75) is 76.3 Å². The predicted octanol–water partition coefficient (Wildman–Crippen LogP) is 3.13. The van der Waals surface area contributed by atoms with E-state index in [1.54, 1.807) is 42.9 Å². The van der Waals surface area contributed by atoms with Gasteiger partial charge in [0, 0.05) is 30.4 Å². The van der Waals surface area contributed by atoms with Crippen molar-refractivity contribution in [1.29, 1.82) is 0 Å².